The van der Waals surface area contributed by atoms with Crippen molar-refractivity contribution in [3.8, 4) is 5.82 Å². The normalized spacial score (nSPS) is 8.89. The van der Waals surface area contributed by atoms with Crippen molar-refractivity contribution >= 4 is 11.6 Å². The van der Waals surface area contributed by atoms with E-state index in [1.807, 2.05) is 20.8 Å². The summed E-state index contributed by atoms with van der Waals surface area (Å²) in [6, 6.07) is 7.65. The minimum Gasteiger partial charge on any atom is -0.367 e. The van der Waals surface area contributed by atoms with Crippen molar-refractivity contribution in [2.24, 2.45) is 0 Å². The number of rotatable bonds is 1. The van der Waals surface area contributed by atoms with Crippen molar-refractivity contribution < 1.29 is 32.7 Å². The van der Waals surface area contributed by atoms with E-state index in [4.69, 9.17) is 11.6 Å². The van der Waals surface area contributed by atoms with Crippen LogP contribution < -0.4 is 5.56 Å². The van der Waals surface area contributed by atoms with Crippen LogP contribution in [-0.4, -0.2) is 9.55 Å². The molecule has 0 aromatic carbocycles. The smallest absolute Gasteiger partial charge is 0.246 e. The maximum atomic E-state index is 11.6. The van der Waals surface area contributed by atoms with E-state index in [2.05, 4.69) is 11.1 Å². The van der Waals surface area contributed by atoms with Crippen LogP contribution in [0.3, 0.4) is 0 Å². The molecule has 1 radical (unpaired) electrons. The van der Waals surface area contributed by atoms with Crippen molar-refractivity contribution in [1.82, 2.24) is 9.55 Å². The van der Waals surface area contributed by atoms with E-state index in [1.165, 1.54) is 10.6 Å². The minimum atomic E-state index is -0.202. The summed E-state index contributed by atoms with van der Waals surface area (Å²) in [5.74, 6) is 0.544. The number of hydrogen-bond acceptors (Lipinski definition) is 2. The fourth-order valence-corrected chi connectivity index (χ4v) is 1.34. The first-order chi connectivity index (χ1) is 8.16. The van der Waals surface area contributed by atoms with Crippen molar-refractivity contribution in [1.29, 1.82) is 0 Å². The zero-order valence-electron chi connectivity index (χ0n) is 10.6. The van der Waals surface area contributed by atoms with Crippen molar-refractivity contribution in [2.45, 2.75) is 20.8 Å². The van der Waals surface area contributed by atoms with Gasteiger partial charge in [0.15, 0.2) is 0 Å². The van der Waals surface area contributed by atoms with Crippen molar-refractivity contribution in [2.75, 3.05) is 0 Å². The predicted molar refractivity (Wildman–Crippen MR) is 69.8 cm³/mol. The Morgan fingerprint density at radius 3 is 2.56 bits per heavy atom. The summed E-state index contributed by atoms with van der Waals surface area (Å²) in [4.78, 5) is 15.7. The molecule has 2 rings (SSSR count). The zero-order valence-corrected chi connectivity index (χ0v) is 14.2. The maximum absolute atomic E-state index is 11.6. The molecule has 0 atom stereocenters. The van der Waals surface area contributed by atoms with E-state index in [0.29, 0.717) is 10.8 Å². The van der Waals surface area contributed by atoms with Crippen LogP contribution in [0.1, 0.15) is 19.4 Å². The van der Waals surface area contributed by atoms with Gasteiger partial charge in [-0.1, -0.05) is 38.6 Å². The molecule has 0 spiro atoms. The van der Waals surface area contributed by atoms with Crippen LogP contribution in [0.15, 0.2) is 35.4 Å². The third kappa shape index (κ3) is 4.64. The van der Waals surface area contributed by atoms with E-state index in [0.717, 1.165) is 5.56 Å². The minimum absolute atomic E-state index is 0. The molecule has 0 bridgehead atoms. The summed E-state index contributed by atoms with van der Waals surface area (Å²) in [6.45, 7) is 5.89. The van der Waals surface area contributed by atoms with Crippen LogP contribution in [0.2, 0.25) is 5.02 Å². The largest absolute Gasteiger partial charge is 0.367 e. The van der Waals surface area contributed by atoms with Crippen LogP contribution in [0, 0.1) is 13.0 Å². The van der Waals surface area contributed by atoms with E-state index < -0.39 is 0 Å². The summed E-state index contributed by atoms with van der Waals surface area (Å²) in [6.07, 6.45) is 3.26. The second kappa shape index (κ2) is 8.57. The van der Waals surface area contributed by atoms with E-state index in [-0.39, 0.29) is 38.3 Å². The van der Waals surface area contributed by atoms with Gasteiger partial charge < -0.3 is 9.55 Å². The molecule has 2 heterocycles. The first-order valence-corrected chi connectivity index (χ1v) is 5.77. The van der Waals surface area contributed by atoms with Gasteiger partial charge >= 0.3 is 0 Å². The fourth-order valence-electron chi connectivity index (χ4n) is 1.19. The molecule has 0 aliphatic rings. The Bertz CT molecular complexity index is 537. The molecule has 0 aliphatic heterocycles. The first kappa shape index (κ1) is 17.5. The van der Waals surface area contributed by atoms with Gasteiger partial charge in [0.05, 0.1) is 0 Å². The summed E-state index contributed by atoms with van der Waals surface area (Å²) < 4.78 is 1.42. The van der Waals surface area contributed by atoms with Gasteiger partial charge in [0.25, 0.3) is 0 Å². The molecule has 0 fully saturated rings. The zero-order chi connectivity index (χ0) is 12.8. The number of pyridine rings is 2. The molecular weight excluding hydrogens is 325 g/mol. The third-order valence-electron chi connectivity index (χ3n) is 1.95. The Morgan fingerprint density at radius 2 is 2.06 bits per heavy atom. The molecule has 0 unspecified atom stereocenters. The molecule has 0 saturated heterocycles. The number of halogens is 1. The SMILES string of the molecule is CC.Cc1[c-]cc(-n2ccc(Cl)cc2=O)nc1.[Y]. The van der Waals surface area contributed by atoms with Crippen LogP contribution in [0.4, 0.5) is 0 Å². The molecular formula is C13H14ClN2OY-. The van der Waals surface area contributed by atoms with Gasteiger partial charge in [0, 0.05) is 55.8 Å². The Hall–Kier alpha value is -0.506. The van der Waals surface area contributed by atoms with Crippen molar-refractivity contribution in [3.63, 3.8) is 0 Å². The van der Waals surface area contributed by atoms with E-state index >= 15 is 0 Å². The molecule has 5 heteroatoms. The van der Waals surface area contributed by atoms with Crippen LogP contribution in [-0.2, 0) is 32.7 Å². The molecule has 18 heavy (non-hydrogen) atoms. The molecule has 2 aromatic heterocycles. The molecule has 0 amide bonds. The van der Waals surface area contributed by atoms with Gasteiger partial charge in [-0.15, -0.1) is 11.6 Å². The monoisotopic (exact) mass is 338 g/mol. The van der Waals surface area contributed by atoms with E-state index in [9.17, 15) is 4.79 Å². The average Bonchev–Trinajstić information content (AvgIpc) is 2.33. The van der Waals surface area contributed by atoms with Gasteiger partial charge in [-0.3, -0.25) is 4.79 Å². The molecule has 0 aliphatic carbocycles. The molecule has 93 valence electrons. The Kier molecular flexibility index (Phi) is 8.33. The fraction of sp³-hybridized carbons (Fsp3) is 0.231. The maximum Gasteiger partial charge on any atom is 0.246 e. The summed E-state index contributed by atoms with van der Waals surface area (Å²) in [7, 11) is 0. The summed E-state index contributed by atoms with van der Waals surface area (Å²) in [5.41, 5.74) is 0.730. The van der Waals surface area contributed by atoms with Gasteiger partial charge in [-0.2, -0.15) is 6.07 Å². The molecule has 3 nitrogen and oxygen atoms in total. The second-order valence-corrected chi connectivity index (χ2v) is 3.58. The average molecular weight is 339 g/mol. The molecule has 0 N–H and O–H groups in total. The topological polar surface area (TPSA) is 34.9 Å². The van der Waals surface area contributed by atoms with Gasteiger partial charge in [0.2, 0.25) is 5.56 Å². The summed E-state index contributed by atoms with van der Waals surface area (Å²) >= 11 is 5.69. The third-order valence-corrected chi connectivity index (χ3v) is 2.18. The van der Waals surface area contributed by atoms with E-state index in [1.54, 1.807) is 24.5 Å². The van der Waals surface area contributed by atoms with Crippen LogP contribution in [0.25, 0.3) is 5.82 Å². The second-order valence-electron chi connectivity index (χ2n) is 3.14. The standard InChI is InChI=1S/C11H8ClN2O.C2H6.Y/c1-8-2-3-10(13-7-8)14-5-4-9(12)6-11(14)15;1-2;/h3-7H,1H3;1-2H3;/q-1;;. The van der Waals surface area contributed by atoms with Crippen molar-refractivity contribution in [3.05, 3.63) is 57.6 Å². The Balaban J connectivity index is 0.000000917. The van der Waals surface area contributed by atoms with Crippen LogP contribution in [0.5, 0.6) is 0 Å². The Labute approximate surface area is 137 Å². The number of aryl methyl sites for hydroxylation is 1. The Morgan fingerprint density at radius 1 is 1.39 bits per heavy atom. The molecule has 0 saturated carbocycles. The summed E-state index contributed by atoms with van der Waals surface area (Å²) in [5, 5.41) is 0.423. The number of nitrogens with zero attached hydrogens (tertiary/aromatic N) is 2. The number of aromatic nitrogens is 2. The quantitative estimate of drug-likeness (QED) is 0.749. The van der Waals surface area contributed by atoms with Gasteiger partial charge in [-0.25, -0.2) is 0 Å². The van der Waals surface area contributed by atoms with Gasteiger partial charge in [0.1, 0.15) is 0 Å². The van der Waals surface area contributed by atoms with Crippen LogP contribution >= 0.6 is 11.6 Å². The number of hydrogen-bond donors (Lipinski definition) is 0. The molecule has 2 aromatic rings. The predicted octanol–water partition coefficient (Wildman–Crippen LogP) is 3.02. The van der Waals surface area contributed by atoms with Gasteiger partial charge in [-0.05, 0) is 6.07 Å². The first-order valence-electron chi connectivity index (χ1n) is 5.40.